The quantitative estimate of drug-likeness (QED) is 0.627. The minimum Gasteiger partial charge on any atom is -0.0891 e. The fraction of sp³-hybridized carbons (Fsp3) is 0.333. The molecule has 0 bridgehead atoms. The third kappa shape index (κ3) is 2.10. The Morgan fingerprint density at radius 2 is 2.00 bits per heavy atom. The van der Waals surface area contributed by atoms with Gasteiger partial charge >= 0.3 is 0 Å². The fourth-order valence-corrected chi connectivity index (χ4v) is 1.76. The molecule has 9 heavy (non-hydrogen) atoms. The molecule has 0 aromatic rings. The molecule has 0 spiro atoms. The minimum absolute atomic E-state index is 0.921. The van der Waals surface area contributed by atoms with Crippen molar-refractivity contribution in [1.82, 2.24) is 0 Å². The van der Waals surface area contributed by atoms with Crippen molar-refractivity contribution < 1.29 is 0 Å². The van der Waals surface area contributed by atoms with E-state index in [9.17, 15) is 0 Å². The summed E-state index contributed by atoms with van der Waals surface area (Å²) >= 11 is 12.5. The largest absolute Gasteiger partial charge is 0.0891 e. The van der Waals surface area contributed by atoms with Crippen LogP contribution in [0.4, 0.5) is 0 Å². The highest BCUT2D eigenvalue weighted by molar-refractivity contribution is 9.14. The average Bonchev–Trinajstić information content (AvgIpc) is 1.80. The molecule has 0 heterocycles. The lowest BCUT2D eigenvalue weighted by molar-refractivity contribution is 1.00. The van der Waals surface area contributed by atoms with Crippen LogP contribution in [0.3, 0.4) is 0 Å². The Balaban J connectivity index is 2.83. The third-order valence-electron chi connectivity index (χ3n) is 1.13. The van der Waals surface area contributed by atoms with Crippen molar-refractivity contribution in [2.24, 2.45) is 0 Å². The first-order valence-corrected chi connectivity index (χ1v) is 4.57. The zero-order valence-corrected chi connectivity index (χ0v) is 8.55. The molecule has 0 N–H and O–H groups in total. The second-order valence-electron chi connectivity index (χ2n) is 1.84. The molecule has 0 atom stereocenters. The van der Waals surface area contributed by atoms with E-state index < -0.39 is 0 Å². The zero-order chi connectivity index (χ0) is 6.85. The monoisotopic (exact) mass is 270 g/mol. The van der Waals surface area contributed by atoms with Crippen molar-refractivity contribution in [2.75, 3.05) is 0 Å². The summed E-state index contributed by atoms with van der Waals surface area (Å²) in [7, 11) is 0. The molecule has 0 nitrogen and oxygen atoms in total. The van der Waals surface area contributed by atoms with Gasteiger partial charge in [0.2, 0.25) is 0 Å². The van der Waals surface area contributed by atoms with Gasteiger partial charge in [-0.25, -0.2) is 0 Å². The van der Waals surface area contributed by atoms with Crippen LogP contribution >= 0.6 is 43.5 Å². The second-order valence-corrected chi connectivity index (χ2v) is 4.14. The van der Waals surface area contributed by atoms with Crippen molar-refractivity contribution in [2.45, 2.75) is 12.8 Å². The number of rotatable bonds is 0. The van der Waals surface area contributed by atoms with Gasteiger partial charge in [0.1, 0.15) is 0 Å². The van der Waals surface area contributed by atoms with Gasteiger partial charge in [0.25, 0.3) is 0 Å². The zero-order valence-electron chi connectivity index (χ0n) is 4.63. The average molecular weight is 272 g/mol. The summed E-state index contributed by atoms with van der Waals surface area (Å²) in [5.74, 6) is 0. The van der Waals surface area contributed by atoms with Crippen LogP contribution in [0.1, 0.15) is 12.8 Å². The van der Waals surface area contributed by atoms with Crippen LogP contribution in [-0.2, 0) is 0 Å². The molecule has 0 aromatic heterocycles. The lowest BCUT2D eigenvalue weighted by Gasteiger charge is -2.06. The van der Waals surface area contributed by atoms with E-state index in [1.54, 1.807) is 0 Å². The fourth-order valence-electron chi connectivity index (χ4n) is 0.637. The molecule has 3 heteroatoms. The van der Waals surface area contributed by atoms with E-state index in [1.807, 2.05) is 6.08 Å². The number of halogens is 3. The van der Waals surface area contributed by atoms with Crippen LogP contribution in [0.2, 0.25) is 0 Å². The SMILES string of the molecule is ClC1=CC(Br)=C(Br)CC1. The van der Waals surface area contributed by atoms with Crippen LogP contribution in [0.15, 0.2) is 20.1 Å². The highest BCUT2D eigenvalue weighted by atomic mass is 79.9. The Kier molecular flexibility index (Phi) is 2.80. The minimum atomic E-state index is 0.921. The van der Waals surface area contributed by atoms with Crippen LogP contribution in [0.5, 0.6) is 0 Å². The molecule has 0 saturated carbocycles. The Morgan fingerprint density at radius 1 is 1.33 bits per heavy atom. The number of allylic oxidation sites excluding steroid dienone is 4. The van der Waals surface area contributed by atoms with E-state index in [1.165, 1.54) is 4.48 Å². The maximum Gasteiger partial charge on any atom is 0.0288 e. The molecule has 50 valence electrons. The van der Waals surface area contributed by atoms with E-state index in [0.717, 1.165) is 22.4 Å². The summed E-state index contributed by atoms with van der Waals surface area (Å²) in [5.41, 5.74) is 0. The predicted octanol–water partition coefficient (Wildman–Crippen LogP) is 3.90. The number of hydrogen-bond acceptors (Lipinski definition) is 0. The van der Waals surface area contributed by atoms with Crippen molar-refractivity contribution in [3.63, 3.8) is 0 Å². The summed E-state index contributed by atoms with van der Waals surface area (Å²) < 4.78 is 2.27. The summed E-state index contributed by atoms with van der Waals surface area (Å²) in [6, 6.07) is 0. The van der Waals surface area contributed by atoms with Gasteiger partial charge in [0.15, 0.2) is 0 Å². The standard InChI is InChI=1S/C6H5Br2Cl/c7-5-2-1-4(9)3-6(5)8/h3H,1-2H2. The van der Waals surface area contributed by atoms with Gasteiger partial charge in [0.05, 0.1) is 0 Å². The van der Waals surface area contributed by atoms with E-state index in [2.05, 4.69) is 31.9 Å². The first-order chi connectivity index (χ1) is 4.20. The first-order valence-electron chi connectivity index (χ1n) is 2.60. The van der Waals surface area contributed by atoms with E-state index in [-0.39, 0.29) is 0 Å². The van der Waals surface area contributed by atoms with E-state index >= 15 is 0 Å². The molecule has 0 aliphatic heterocycles. The highest BCUT2D eigenvalue weighted by Crippen LogP contribution is 2.32. The van der Waals surface area contributed by atoms with Crippen molar-refractivity contribution in [3.05, 3.63) is 20.1 Å². The molecular weight excluding hydrogens is 267 g/mol. The molecule has 1 aliphatic rings. The lowest BCUT2D eigenvalue weighted by Crippen LogP contribution is -1.85. The summed E-state index contributed by atoms with van der Waals surface area (Å²) in [5, 5.41) is 0.921. The van der Waals surface area contributed by atoms with Crippen molar-refractivity contribution in [1.29, 1.82) is 0 Å². The first kappa shape index (κ1) is 7.83. The van der Waals surface area contributed by atoms with Crippen LogP contribution in [0, 0.1) is 0 Å². The molecule has 0 unspecified atom stereocenters. The molecule has 0 amide bonds. The Labute approximate surface area is 76.2 Å². The Morgan fingerprint density at radius 3 is 2.44 bits per heavy atom. The normalized spacial score (nSPS) is 20.1. The molecule has 0 radical (unpaired) electrons. The van der Waals surface area contributed by atoms with Crippen molar-refractivity contribution in [3.8, 4) is 0 Å². The summed E-state index contributed by atoms with van der Waals surface area (Å²) in [6.07, 6.45) is 3.89. The summed E-state index contributed by atoms with van der Waals surface area (Å²) in [6.45, 7) is 0. The van der Waals surface area contributed by atoms with Crippen LogP contribution < -0.4 is 0 Å². The Bertz CT molecular complexity index is 181. The molecule has 1 aliphatic carbocycles. The maximum atomic E-state index is 5.75. The van der Waals surface area contributed by atoms with E-state index in [0.29, 0.717) is 0 Å². The van der Waals surface area contributed by atoms with Gasteiger partial charge in [-0.1, -0.05) is 27.5 Å². The smallest absolute Gasteiger partial charge is 0.0288 e. The van der Waals surface area contributed by atoms with Crippen LogP contribution in [0.25, 0.3) is 0 Å². The van der Waals surface area contributed by atoms with Gasteiger partial charge < -0.3 is 0 Å². The van der Waals surface area contributed by atoms with Crippen molar-refractivity contribution >= 4 is 43.5 Å². The van der Waals surface area contributed by atoms with Gasteiger partial charge in [-0.3, -0.25) is 0 Å². The number of hydrogen-bond donors (Lipinski definition) is 0. The van der Waals surface area contributed by atoms with E-state index in [4.69, 9.17) is 11.6 Å². The molecule has 0 aromatic carbocycles. The molecular formula is C6H5Br2Cl. The molecule has 1 rings (SSSR count). The molecule has 0 saturated heterocycles. The van der Waals surface area contributed by atoms with Gasteiger partial charge in [-0.2, -0.15) is 0 Å². The van der Waals surface area contributed by atoms with Gasteiger partial charge in [0, 0.05) is 14.0 Å². The Hall–Kier alpha value is 0.730. The topological polar surface area (TPSA) is 0 Å². The van der Waals surface area contributed by atoms with Gasteiger partial charge in [-0.15, -0.1) is 0 Å². The predicted molar refractivity (Wildman–Crippen MR) is 48.1 cm³/mol. The van der Waals surface area contributed by atoms with Crippen LogP contribution in [-0.4, -0.2) is 0 Å². The summed E-state index contributed by atoms with van der Waals surface area (Å²) in [4.78, 5) is 0. The maximum absolute atomic E-state index is 5.75. The third-order valence-corrected chi connectivity index (χ3v) is 3.49. The lowest BCUT2D eigenvalue weighted by atomic mass is 10.2. The second kappa shape index (κ2) is 3.22. The highest BCUT2D eigenvalue weighted by Gasteiger charge is 2.06. The molecule has 0 fully saturated rings. The van der Waals surface area contributed by atoms with Gasteiger partial charge in [-0.05, 0) is 34.8 Å².